The van der Waals surface area contributed by atoms with E-state index >= 15 is 0 Å². The van der Waals surface area contributed by atoms with Gasteiger partial charge < -0.3 is 20.1 Å². The number of halogens is 2. The zero-order valence-corrected chi connectivity index (χ0v) is 18.3. The smallest absolute Gasteiger partial charge is 0.178 e. The van der Waals surface area contributed by atoms with Crippen molar-refractivity contribution in [2.45, 2.75) is 12.6 Å². The number of pyridine rings is 1. The molecule has 4 aromatic rings. The lowest BCUT2D eigenvalue weighted by molar-refractivity contribution is 0.106. The van der Waals surface area contributed by atoms with E-state index in [1.54, 1.807) is 6.20 Å². The maximum Gasteiger partial charge on any atom is 0.178 e. The van der Waals surface area contributed by atoms with E-state index in [2.05, 4.69) is 36.2 Å². The van der Waals surface area contributed by atoms with E-state index in [0.717, 1.165) is 26.9 Å². The van der Waals surface area contributed by atoms with Crippen molar-refractivity contribution in [2.75, 3.05) is 13.2 Å². The Hall–Kier alpha value is -2.45. The Morgan fingerprint density at radius 2 is 2.00 bits per heavy atom. The SMILES string of the molecule is OC(CNCc1cccc(Cl)c1)COc1ccc(-c2nc3ncc(Br)cc3[nH]2)cc1. The van der Waals surface area contributed by atoms with Gasteiger partial charge in [-0.1, -0.05) is 23.7 Å². The zero-order chi connectivity index (χ0) is 20.9. The van der Waals surface area contributed by atoms with Crippen LogP contribution in [0.3, 0.4) is 0 Å². The maximum absolute atomic E-state index is 10.1. The van der Waals surface area contributed by atoms with Crippen LogP contribution in [0.5, 0.6) is 5.75 Å². The van der Waals surface area contributed by atoms with E-state index in [1.165, 1.54) is 0 Å². The van der Waals surface area contributed by atoms with E-state index in [9.17, 15) is 5.11 Å². The minimum atomic E-state index is -0.622. The lowest BCUT2D eigenvalue weighted by atomic mass is 10.2. The molecule has 2 aromatic carbocycles. The lowest BCUT2D eigenvalue weighted by Gasteiger charge is -2.13. The monoisotopic (exact) mass is 486 g/mol. The third kappa shape index (κ3) is 5.37. The number of imidazole rings is 1. The molecule has 6 nitrogen and oxygen atoms in total. The van der Waals surface area contributed by atoms with Gasteiger partial charge in [-0.25, -0.2) is 9.97 Å². The topological polar surface area (TPSA) is 83.1 Å². The second-order valence-corrected chi connectivity index (χ2v) is 8.21. The van der Waals surface area contributed by atoms with Crippen molar-refractivity contribution < 1.29 is 9.84 Å². The Kier molecular flexibility index (Phi) is 6.64. The number of ether oxygens (including phenoxy) is 1. The van der Waals surface area contributed by atoms with Gasteiger partial charge in [0.05, 0.1) is 5.52 Å². The Labute approximate surface area is 187 Å². The number of aromatic nitrogens is 3. The van der Waals surface area contributed by atoms with Crippen molar-refractivity contribution in [2.24, 2.45) is 0 Å². The van der Waals surface area contributed by atoms with Crippen LogP contribution in [0.25, 0.3) is 22.6 Å². The summed E-state index contributed by atoms with van der Waals surface area (Å²) >= 11 is 9.38. The maximum atomic E-state index is 10.1. The molecule has 0 bridgehead atoms. The molecule has 8 heteroatoms. The van der Waals surface area contributed by atoms with E-state index in [-0.39, 0.29) is 6.61 Å². The summed E-state index contributed by atoms with van der Waals surface area (Å²) in [7, 11) is 0. The molecule has 2 heterocycles. The van der Waals surface area contributed by atoms with Crippen LogP contribution in [0.15, 0.2) is 65.3 Å². The summed E-state index contributed by atoms with van der Waals surface area (Å²) in [4.78, 5) is 12.1. The fourth-order valence-corrected chi connectivity index (χ4v) is 3.55. The van der Waals surface area contributed by atoms with E-state index in [0.29, 0.717) is 29.5 Å². The van der Waals surface area contributed by atoms with Gasteiger partial charge in [-0.05, 0) is 64.0 Å². The highest BCUT2D eigenvalue weighted by Crippen LogP contribution is 2.23. The van der Waals surface area contributed by atoms with Gasteiger partial charge in [0.1, 0.15) is 24.3 Å². The first kappa shape index (κ1) is 20.8. The predicted molar refractivity (Wildman–Crippen MR) is 122 cm³/mol. The van der Waals surface area contributed by atoms with Crippen LogP contribution in [0.2, 0.25) is 5.02 Å². The summed E-state index contributed by atoms with van der Waals surface area (Å²) in [6.07, 6.45) is 1.10. The summed E-state index contributed by atoms with van der Waals surface area (Å²) in [5, 5.41) is 14.0. The Bertz CT molecular complexity index is 1130. The molecular formula is C22H20BrClN4O2. The van der Waals surface area contributed by atoms with Gasteiger partial charge in [-0.3, -0.25) is 0 Å². The number of nitrogens with one attached hydrogen (secondary N) is 2. The fraction of sp³-hybridized carbons (Fsp3) is 0.182. The van der Waals surface area contributed by atoms with Crippen molar-refractivity contribution in [3.05, 3.63) is 75.9 Å². The number of H-pyrrole nitrogens is 1. The molecule has 4 rings (SSSR count). The molecule has 0 aliphatic carbocycles. The van der Waals surface area contributed by atoms with Gasteiger partial charge in [-0.2, -0.15) is 0 Å². The molecule has 0 amide bonds. The molecule has 0 saturated carbocycles. The highest BCUT2D eigenvalue weighted by Gasteiger charge is 2.08. The normalized spacial score (nSPS) is 12.2. The molecule has 0 fully saturated rings. The average molecular weight is 488 g/mol. The molecule has 0 saturated heterocycles. The number of rotatable bonds is 8. The molecule has 2 aromatic heterocycles. The third-order valence-corrected chi connectivity index (χ3v) is 5.14. The largest absolute Gasteiger partial charge is 0.491 e. The number of hydrogen-bond donors (Lipinski definition) is 3. The van der Waals surface area contributed by atoms with E-state index < -0.39 is 6.10 Å². The summed E-state index contributed by atoms with van der Waals surface area (Å²) in [6, 6.07) is 17.1. The molecule has 0 radical (unpaired) electrons. The van der Waals surface area contributed by atoms with E-state index in [4.69, 9.17) is 16.3 Å². The zero-order valence-electron chi connectivity index (χ0n) is 16.0. The van der Waals surface area contributed by atoms with Gasteiger partial charge in [-0.15, -0.1) is 0 Å². The van der Waals surface area contributed by atoms with Crippen molar-refractivity contribution >= 4 is 38.7 Å². The highest BCUT2D eigenvalue weighted by molar-refractivity contribution is 9.10. The minimum absolute atomic E-state index is 0.199. The number of aliphatic hydroxyl groups excluding tert-OH is 1. The van der Waals surface area contributed by atoms with Crippen LogP contribution in [0.1, 0.15) is 5.56 Å². The van der Waals surface area contributed by atoms with Gasteiger partial charge in [0, 0.05) is 34.3 Å². The third-order valence-electron chi connectivity index (χ3n) is 4.47. The van der Waals surface area contributed by atoms with Crippen LogP contribution < -0.4 is 10.1 Å². The Morgan fingerprint density at radius 3 is 2.80 bits per heavy atom. The number of hydrogen-bond acceptors (Lipinski definition) is 5. The summed E-state index contributed by atoms with van der Waals surface area (Å²) in [5.74, 6) is 1.43. The van der Waals surface area contributed by atoms with Crippen LogP contribution in [-0.2, 0) is 6.54 Å². The first-order chi connectivity index (χ1) is 14.6. The Balaban J connectivity index is 1.27. The van der Waals surface area contributed by atoms with Crippen molar-refractivity contribution in [3.8, 4) is 17.1 Å². The highest BCUT2D eigenvalue weighted by atomic mass is 79.9. The van der Waals surface area contributed by atoms with Gasteiger partial charge in [0.2, 0.25) is 0 Å². The van der Waals surface area contributed by atoms with Crippen LogP contribution >= 0.6 is 27.5 Å². The number of benzene rings is 2. The first-order valence-electron chi connectivity index (χ1n) is 9.44. The summed E-state index contributed by atoms with van der Waals surface area (Å²) in [5.41, 5.74) is 3.54. The molecule has 0 aliphatic rings. The average Bonchev–Trinajstić information content (AvgIpc) is 3.16. The van der Waals surface area contributed by atoms with Crippen LogP contribution in [0, 0.1) is 0 Å². The van der Waals surface area contributed by atoms with Gasteiger partial charge in [0.25, 0.3) is 0 Å². The summed E-state index contributed by atoms with van der Waals surface area (Å²) < 4.78 is 6.59. The number of fused-ring (bicyclic) bond motifs is 1. The molecule has 0 spiro atoms. The van der Waals surface area contributed by atoms with Gasteiger partial charge in [0.15, 0.2) is 5.65 Å². The van der Waals surface area contributed by atoms with Crippen molar-refractivity contribution in [3.63, 3.8) is 0 Å². The molecule has 3 N–H and O–H groups in total. The lowest BCUT2D eigenvalue weighted by Crippen LogP contribution is -2.31. The van der Waals surface area contributed by atoms with E-state index in [1.807, 2.05) is 54.6 Å². The quantitative estimate of drug-likeness (QED) is 0.339. The predicted octanol–water partition coefficient (Wildman–Crippen LogP) is 4.57. The molecule has 154 valence electrons. The van der Waals surface area contributed by atoms with Crippen LogP contribution in [-0.4, -0.2) is 39.3 Å². The molecule has 30 heavy (non-hydrogen) atoms. The van der Waals surface area contributed by atoms with Gasteiger partial charge >= 0.3 is 0 Å². The summed E-state index contributed by atoms with van der Waals surface area (Å²) in [6.45, 7) is 1.26. The number of aromatic amines is 1. The molecular weight excluding hydrogens is 468 g/mol. The second kappa shape index (κ2) is 9.57. The van der Waals surface area contributed by atoms with Crippen molar-refractivity contribution in [1.29, 1.82) is 0 Å². The number of aliphatic hydroxyl groups is 1. The molecule has 0 aliphatic heterocycles. The number of nitrogens with zero attached hydrogens (tertiary/aromatic N) is 2. The Morgan fingerprint density at radius 1 is 1.17 bits per heavy atom. The molecule has 1 atom stereocenters. The fourth-order valence-electron chi connectivity index (χ4n) is 3.00. The standard InChI is InChI=1S/C22H20BrClN4O2/c23-16-9-20-22(26-11-16)28-21(27-20)15-4-6-19(7-5-15)30-13-18(29)12-25-10-14-2-1-3-17(24)8-14/h1-9,11,18,25,29H,10,12-13H2,(H,26,27,28). The van der Waals surface area contributed by atoms with Crippen molar-refractivity contribution in [1.82, 2.24) is 20.3 Å². The molecule has 1 unspecified atom stereocenters. The second-order valence-electron chi connectivity index (χ2n) is 6.86. The minimum Gasteiger partial charge on any atom is -0.491 e. The van der Waals surface area contributed by atoms with Crippen LogP contribution in [0.4, 0.5) is 0 Å². The first-order valence-corrected chi connectivity index (χ1v) is 10.6.